The van der Waals surface area contributed by atoms with Crippen molar-refractivity contribution < 1.29 is 4.92 Å². The van der Waals surface area contributed by atoms with E-state index in [1.165, 1.54) is 19.2 Å². The molecule has 0 spiro atoms. The van der Waals surface area contributed by atoms with Crippen LogP contribution < -0.4 is 10.2 Å². The van der Waals surface area contributed by atoms with Crippen molar-refractivity contribution in [2.24, 2.45) is 0 Å². The highest BCUT2D eigenvalue weighted by molar-refractivity contribution is 5.69. The molecule has 0 amide bonds. The van der Waals surface area contributed by atoms with Gasteiger partial charge >= 0.3 is 5.69 Å². The van der Waals surface area contributed by atoms with Gasteiger partial charge < -0.3 is 15.1 Å². The van der Waals surface area contributed by atoms with Crippen LogP contribution in [0.5, 0.6) is 0 Å². The van der Waals surface area contributed by atoms with Crippen molar-refractivity contribution in [2.75, 3.05) is 50.5 Å². The van der Waals surface area contributed by atoms with Crippen molar-refractivity contribution in [2.45, 2.75) is 12.8 Å². The van der Waals surface area contributed by atoms with E-state index in [2.05, 4.69) is 20.2 Å². The van der Waals surface area contributed by atoms with Gasteiger partial charge in [-0.15, -0.1) is 0 Å². The predicted octanol–water partition coefficient (Wildman–Crippen LogP) is 0.959. The highest BCUT2D eigenvalue weighted by Crippen LogP contribution is 2.30. The fourth-order valence-electron chi connectivity index (χ4n) is 2.40. The molecule has 1 aliphatic rings. The standard InChI is InChI=1S/C12H20N6O2/c1-13-11-10(18(19)20)12(15-9-14-11)16(2)7-8-17-5-3-4-6-17/h9H,3-8H2,1-2H3,(H,13,14,15). The van der Waals surface area contributed by atoms with Gasteiger partial charge in [0.05, 0.1) is 4.92 Å². The number of aromatic nitrogens is 2. The van der Waals surface area contributed by atoms with E-state index in [1.54, 1.807) is 7.05 Å². The average Bonchev–Trinajstić information content (AvgIpc) is 2.96. The highest BCUT2D eigenvalue weighted by atomic mass is 16.6. The summed E-state index contributed by atoms with van der Waals surface area (Å²) < 4.78 is 0. The van der Waals surface area contributed by atoms with Crippen LogP contribution in [0.15, 0.2) is 6.33 Å². The number of likely N-dealkylation sites (N-methyl/N-ethyl adjacent to an activating group) is 1. The zero-order valence-electron chi connectivity index (χ0n) is 11.9. The van der Waals surface area contributed by atoms with E-state index < -0.39 is 4.92 Å². The number of hydrogen-bond acceptors (Lipinski definition) is 7. The summed E-state index contributed by atoms with van der Waals surface area (Å²) in [5.41, 5.74) is -0.0704. The number of nitrogens with one attached hydrogen (secondary N) is 1. The molecular weight excluding hydrogens is 260 g/mol. The fraction of sp³-hybridized carbons (Fsp3) is 0.667. The third kappa shape index (κ3) is 3.13. The van der Waals surface area contributed by atoms with Crippen molar-refractivity contribution in [3.05, 3.63) is 16.4 Å². The quantitative estimate of drug-likeness (QED) is 0.613. The van der Waals surface area contributed by atoms with Crippen LogP contribution >= 0.6 is 0 Å². The van der Waals surface area contributed by atoms with Gasteiger partial charge in [-0.1, -0.05) is 0 Å². The van der Waals surface area contributed by atoms with Gasteiger partial charge in [0, 0.05) is 27.2 Å². The molecule has 2 rings (SSSR count). The Hall–Kier alpha value is -1.96. The van der Waals surface area contributed by atoms with Crippen LogP contribution in [0.3, 0.4) is 0 Å². The summed E-state index contributed by atoms with van der Waals surface area (Å²) in [6, 6.07) is 0. The summed E-state index contributed by atoms with van der Waals surface area (Å²) in [4.78, 5) is 22.9. The number of likely N-dealkylation sites (tertiary alicyclic amines) is 1. The Morgan fingerprint density at radius 3 is 2.75 bits per heavy atom. The Morgan fingerprint density at radius 1 is 1.45 bits per heavy atom. The third-order valence-electron chi connectivity index (χ3n) is 3.53. The van der Waals surface area contributed by atoms with Crippen LogP contribution in [0.25, 0.3) is 0 Å². The van der Waals surface area contributed by atoms with Crippen LogP contribution in [0.1, 0.15) is 12.8 Å². The van der Waals surface area contributed by atoms with Gasteiger partial charge in [0.1, 0.15) is 6.33 Å². The van der Waals surface area contributed by atoms with Crippen molar-refractivity contribution in [3.63, 3.8) is 0 Å². The van der Waals surface area contributed by atoms with E-state index in [4.69, 9.17) is 0 Å². The molecule has 110 valence electrons. The van der Waals surface area contributed by atoms with Gasteiger partial charge in [0.2, 0.25) is 11.6 Å². The van der Waals surface area contributed by atoms with E-state index in [0.29, 0.717) is 12.4 Å². The third-order valence-corrected chi connectivity index (χ3v) is 3.53. The van der Waals surface area contributed by atoms with Gasteiger partial charge in [0.25, 0.3) is 0 Å². The summed E-state index contributed by atoms with van der Waals surface area (Å²) in [7, 11) is 3.44. The lowest BCUT2D eigenvalue weighted by molar-refractivity contribution is -0.383. The number of rotatable bonds is 6. The first kappa shape index (κ1) is 14.4. The zero-order valence-corrected chi connectivity index (χ0v) is 11.9. The van der Waals surface area contributed by atoms with Gasteiger partial charge in [0.15, 0.2) is 0 Å². The van der Waals surface area contributed by atoms with E-state index in [0.717, 1.165) is 19.6 Å². The van der Waals surface area contributed by atoms with Crippen LogP contribution in [-0.4, -0.2) is 60.1 Å². The number of nitro groups is 1. The molecule has 20 heavy (non-hydrogen) atoms. The molecule has 0 unspecified atom stereocenters. The molecule has 8 heteroatoms. The molecule has 1 aliphatic heterocycles. The Bertz CT molecular complexity index is 475. The molecule has 8 nitrogen and oxygen atoms in total. The fourth-order valence-corrected chi connectivity index (χ4v) is 2.40. The van der Waals surface area contributed by atoms with E-state index in [-0.39, 0.29) is 11.5 Å². The SMILES string of the molecule is CNc1ncnc(N(C)CCN2CCCC2)c1[N+](=O)[O-]. The van der Waals surface area contributed by atoms with E-state index >= 15 is 0 Å². The minimum atomic E-state index is -0.437. The molecule has 1 aromatic rings. The first-order valence-corrected chi connectivity index (χ1v) is 6.74. The molecule has 0 bridgehead atoms. The van der Waals surface area contributed by atoms with Crippen LogP contribution in [0.4, 0.5) is 17.3 Å². The maximum absolute atomic E-state index is 11.2. The summed E-state index contributed by atoms with van der Waals surface area (Å²) in [6.07, 6.45) is 3.82. The number of hydrogen-bond donors (Lipinski definition) is 1. The number of nitrogens with zero attached hydrogens (tertiary/aromatic N) is 5. The Labute approximate surface area is 118 Å². The molecule has 1 aromatic heterocycles. The second kappa shape index (κ2) is 6.47. The largest absolute Gasteiger partial charge is 0.367 e. The lowest BCUT2D eigenvalue weighted by Crippen LogP contribution is -2.32. The highest BCUT2D eigenvalue weighted by Gasteiger charge is 2.25. The molecule has 1 fully saturated rings. The maximum Gasteiger partial charge on any atom is 0.353 e. The van der Waals surface area contributed by atoms with E-state index in [9.17, 15) is 10.1 Å². The summed E-state index contributed by atoms with van der Waals surface area (Å²) in [6.45, 7) is 3.83. The van der Waals surface area contributed by atoms with Crippen molar-refractivity contribution in [3.8, 4) is 0 Å². The normalized spacial score (nSPS) is 15.3. The molecule has 0 radical (unpaired) electrons. The second-order valence-corrected chi connectivity index (χ2v) is 4.87. The molecular formula is C12H20N6O2. The minimum Gasteiger partial charge on any atom is -0.367 e. The van der Waals surface area contributed by atoms with Crippen molar-refractivity contribution >= 4 is 17.3 Å². The minimum absolute atomic E-state index is 0.0704. The average molecular weight is 280 g/mol. The second-order valence-electron chi connectivity index (χ2n) is 4.87. The smallest absolute Gasteiger partial charge is 0.353 e. The first-order chi connectivity index (χ1) is 9.63. The van der Waals surface area contributed by atoms with Gasteiger partial charge in [-0.05, 0) is 25.9 Å². The molecule has 0 aliphatic carbocycles. The summed E-state index contributed by atoms with van der Waals surface area (Å²) in [5, 5.41) is 14.0. The van der Waals surface area contributed by atoms with Gasteiger partial charge in [-0.2, -0.15) is 0 Å². The molecule has 0 saturated carbocycles. The zero-order chi connectivity index (χ0) is 14.5. The van der Waals surface area contributed by atoms with Gasteiger partial charge in [-0.3, -0.25) is 10.1 Å². The van der Waals surface area contributed by atoms with Crippen molar-refractivity contribution in [1.29, 1.82) is 0 Å². The predicted molar refractivity (Wildman–Crippen MR) is 77.2 cm³/mol. The first-order valence-electron chi connectivity index (χ1n) is 6.74. The molecule has 2 heterocycles. The molecule has 0 atom stereocenters. The summed E-state index contributed by atoms with van der Waals surface area (Å²) >= 11 is 0. The maximum atomic E-state index is 11.2. The Morgan fingerprint density at radius 2 is 2.15 bits per heavy atom. The lowest BCUT2D eigenvalue weighted by Gasteiger charge is -2.22. The lowest BCUT2D eigenvalue weighted by atomic mass is 10.4. The van der Waals surface area contributed by atoms with Crippen molar-refractivity contribution in [1.82, 2.24) is 14.9 Å². The summed E-state index contributed by atoms with van der Waals surface area (Å²) in [5.74, 6) is 0.599. The van der Waals surface area contributed by atoms with Crippen LogP contribution in [0, 0.1) is 10.1 Å². The Kier molecular flexibility index (Phi) is 4.67. The molecule has 0 aromatic carbocycles. The number of anilines is 2. The van der Waals surface area contributed by atoms with E-state index in [1.807, 2.05) is 11.9 Å². The van der Waals surface area contributed by atoms with Crippen LogP contribution in [0.2, 0.25) is 0 Å². The molecule has 1 N–H and O–H groups in total. The topological polar surface area (TPSA) is 87.4 Å². The monoisotopic (exact) mass is 280 g/mol. The van der Waals surface area contributed by atoms with Gasteiger partial charge in [-0.25, -0.2) is 9.97 Å². The Balaban J connectivity index is 2.11. The molecule has 1 saturated heterocycles. The van der Waals surface area contributed by atoms with Crippen LogP contribution in [-0.2, 0) is 0 Å².